The van der Waals surface area contributed by atoms with Crippen LogP contribution in [0.5, 0.6) is 0 Å². The molecular formula is C14H25N3O2S. The molecule has 0 aliphatic heterocycles. The molecule has 5 nitrogen and oxygen atoms in total. The Balaban J connectivity index is 2.49. The topological polar surface area (TPSA) is 62.3 Å². The minimum absolute atomic E-state index is 0.414. The summed E-state index contributed by atoms with van der Waals surface area (Å²) in [5.74, 6) is 0. The summed E-state index contributed by atoms with van der Waals surface area (Å²) in [7, 11) is -1.61. The summed E-state index contributed by atoms with van der Waals surface area (Å²) in [6, 6.07) is 5.67. The third kappa shape index (κ3) is 5.19. The van der Waals surface area contributed by atoms with Crippen LogP contribution in [0.2, 0.25) is 0 Å². The summed E-state index contributed by atoms with van der Waals surface area (Å²) in [6.45, 7) is 5.60. The van der Waals surface area contributed by atoms with Crippen molar-refractivity contribution in [1.82, 2.24) is 14.6 Å². The molecule has 0 amide bonds. The van der Waals surface area contributed by atoms with Crippen LogP contribution in [0.4, 0.5) is 0 Å². The molecule has 0 radical (unpaired) electrons. The minimum Gasteiger partial charge on any atom is -0.315 e. The second-order valence-electron chi connectivity index (χ2n) is 4.95. The molecule has 1 heterocycles. The zero-order valence-corrected chi connectivity index (χ0v) is 13.4. The van der Waals surface area contributed by atoms with E-state index in [1.165, 1.54) is 4.31 Å². The summed E-state index contributed by atoms with van der Waals surface area (Å²) < 4.78 is 26.1. The number of nitrogens with zero attached hydrogens (tertiary/aromatic N) is 2. The maximum Gasteiger partial charge on any atom is 0.217 e. The molecule has 0 aliphatic carbocycles. The Morgan fingerprint density at radius 1 is 1.40 bits per heavy atom. The van der Waals surface area contributed by atoms with Gasteiger partial charge in [-0.2, -0.15) is 0 Å². The van der Waals surface area contributed by atoms with E-state index in [2.05, 4.69) is 17.2 Å². The largest absolute Gasteiger partial charge is 0.315 e. The summed E-state index contributed by atoms with van der Waals surface area (Å²) in [4.78, 5) is 4.20. The maximum absolute atomic E-state index is 12.3. The van der Waals surface area contributed by atoms with Crippen LogP contribution >= 0.6 is 0 Å². The van der Waals surface area contributed by atoms with Crippen LogP contribution in [0.25, 0.3) is 0 Å². The Hall–Kier alpha value is -0.980. The molecular weight excluding hydrogens is 274 g/mol. The van der Waals surface area contributed by atoms with Crippen molar-refractivity contribution in [3.63, 3.8) is 0 Å². The highest BCUT2D eigenvalue weighted by atomic mass is 32.2. The van der Waals surface area contributed by atoms with E-state index in [1.54, 1.807) is 20.2 Å². The summed E-state index contributed by atoms with van der Waals surface area (Å²) in [6.07, 6.45) is 3.36. The quantitative estimate of drug-likeness (QED) is 0.698. The van der Waals surface area contributed by atoms with Gasteiger partial charge in [-0.15, -0.1) is 0 Å². The molecule has 114 valence electrons. The van der Waals surface area contributed by atoms with Crippen molar-refractivity contribution < 1.29 is 8.42 Å². The highest BCUT2D eigenvalue weighted by Crippen LogP contribution is 2.07. The van der Waals surface area contributed by atoms with Crippen molar-refractivity contribution in [2.75, 3.05) is 26.7 Å². The fraction of sp³-hybridized carbons (Fsp3) is 0.643. The van der Waals surface area contributed by atoms with Crippen LogP contribution in [-0.4, -0.2) is 49.6 Å². The molecule has 1 unspecified atom stereocenters. The van der Waals surface area contributed by atoms with Gasteiger partial charge >= 0.3 is 0 Å². The monoisotopic (exact) mass is 299 g/mol. The molecule has 6 heteroatoms. The third-order valence-electron chi connectivity index (χ3n) is 3.21. The number of nitrogens with one attached hydrogen (secondary N) is 1. The summed E-state index contributed by atoms with van der Waals surface area (Å²) >= 11 is 0. The van der Waals surface area contributed by atoms with E-state index in [-0.39, 0.29) is 0 Å². The van der Waals surface area contributed by atoms with Crippen molar-refractivity contribution >= 4 is 10.0 Å². The van der Waals surface area contributed by atoms with Gasteiger partial charge in [-0.25, -0.2) is 12.7 Å². The molecule has 0 spiro atoms. The molecule has 1 atom stereocenters. The van der Waals surface area contributed by atoms with Crippen LogP contribution in [-0.2, 0) is 16.4 Å². The first-order valence-electron chi connectivity index (χ1n) is 7.04. The van der Waals surface area contributed by atoms with Gasteiger partial charge in [-0.1, -0.05) is 13.0 Å². The van der Waals surface area contributed by atoms with Gasteiger partial charge in [-0.3, -0.25) is 4.98 Å². The molecule has 20 heavy (non-hydrogen) atoms. The Morgan fingerprint density at radius 2 is 2.15 bits per heavy atom. The summed E-state index contributed by atoms with van der Waals surface area (Å²) in [5.41, 5.74) is 0.909. The number of sulfonamides is 1. The van der Waals surface area contributed by atoms with Crippen molar-refractivity contribution in [3.8, 4) is 0 Å². The first-order valence-corrected chi connectivity index (χ1v) is 8.54. The van der Waals surface area contributed by atoms with Gasteiger partial charge in [0.25, 0.3) is 0 Å². The lowest BCUT2D eigenvalue weighted by Crippen LogP contribution is -2.41. The van der Waals surface area contributed by atoms with Gasteiger partial charge in [0.2, 0.25) is 10.0 Å². The molecule has 1 aromatic rings. The predicted molar refractivity (Wildman–Crippen MR) is 82.1 cm³/mol. The number of pyridine rings is 1. The van der Waals surface area contributed by atoms with Gasteiger partial charge in [0.05, 0.1) is 5.25 Å². The van der Waals surface area contributed by atoms with E-state index in [9.17, 15) is 8.42 Å². The second kappa shape index (κ2) is 8.34. The van der Waals surface area contributed by atoms with Crippen molar-refractivity contribution in [1.29, 1.82) is 0 Å². The van der Waals surface area contributed by atoms with Crippen LogP contribution in [0.15, 0.2) is 24.4 Å². The molecule has 1 rings (SSSR count). The van der Waals surface area contributed by atoms with Gasteiger partial charge in [-0.05, 0) is 32.0 Å². The number of likely N-dealkylation sites (N-methyl/N-ethyl adjacent to an activating group) is 1. The summed E-state index contributed by atoms with van der Waals surface area (Å²) in [5, 5.41) is 2.74. The lowest BCUT2D eigenvalue weighted by atomic mass is 10.3. The molecule has 0 aromatic carbocycles. The van der Waals surface area contributed by atoms with Gasteiger partial charge in [0.15, 0.2) is 0 Å². The van der Waals surface area contributed by atoms with Crippen molar-refractivity contribution in [2.24, 2.45) is 0 Å². The van der Waals surface area contributed by atoms with Crippen LogP contribution in [0.1, 0.15) is 26.0 Å². The first kappa shape index (κ1) is 17.1. The zero-order valence-electron chi connectivity index (χ0n) is 12.5. The minimum atomic E-state index is -3.25. The number of rotatable bonds is 9. The van der Waals surface area contributed by atoms with Crippen LogP contribution < -0.4 is 5.32 Å². The van der Waals surface area contributed by atoms with Crippen LogP contribution in [0, 0.1) is 0 Å². The van der Waals surface area contributed by atoms with E-state index in [1.807, 2.05) is 18.2 Å². The number of hydrogen-bond acceptors (Lipinski definition) is 4. The smallest absolute Gasteiger partial charge is 0.217 e. The van der Waals surface area contributed by atoms with E-state index >= 15 is 0 Å². The lowest BCUT2D eigenvalue weighted by molar-refractivity contribution is 0.458. The molecule has 1 aromatic heterocycles. The zero-order chi connectivity index (χ0) is 15.0. The van der Waals surface area contributed by atoms with E-state index in [0.29, 0.717) is 19.5 Å². The Labute approximate surface area is 122 Å². The van der Waals surface area contributed by atoms with Crippen LogP contribution in [0.3, 0.4) is 0 Å². The average Bonchev–Trinajstić information content (AvgIpc) is 2.45. The molecule has 0 saturated heterocycles. The fourth-order valence-corrected chi connectivity index (χ4v) is 3.13. The molecule has 0 bridgehead atoms. The lowest BCUT2D eigenvalue weighted by Gasteiger charge is -2.22. The number of hydrogen-bond donors (Lipinski definition) is 1. The Kier molecular flexibility index (Phi) is 7.12. The number of aromatic nitrogens is 1. The van der Waals surface area contributed by atoms with E-state index in [4.69, 9.17) is 0 Å². The van der Waals surface area contributed by atoms with Gasteiger partial charge < -0.3 is 5.32 Å². The highest BCUT2D eigenvalue weighted by molar-refractivity contribution is 7.89. The highest BCUT2D eigenvalue weighted by Gasteiger charge is 2.25. The SMILES string of the molecule is CCCNCC(C)S(=O)(=O)N(C)CCc1ccccn1. The Morgan fingerprint density at radius 3 is 2.75 bits per heavy atom. The fourth-order valence-electron chi connectivity index (χ4n) is 1.84. The van der Waals surface area contributed by atoms with E-state index in [0.717, 1.165) is 18.7 Å². The normalized spacial score (nSPS) is 13.6. The predicted octanol–water partition coefficient (Wildman–Crippen LogP) is 1.27. The molecule has 0 fully saturated rings. The molecule has 1 N–H and O–H groups in total. The van der Waals surface area contributed by atoms with Gasteiger partial charge in [0, 0.05) is 38.4 Å². The third-order valence-corrected chi connectivity index (χ3v) is 5.45. The van der Waals surface area contributed by atoms with E-state index < -0.39 is 15.3 Å². The molecule has 0 aliphatic rings. The first-order chi connectivity index (χ1) is 9.48. The van der Waals surface area contributed by atoms with Crippen molar-refractivity contribution in [2.45, 2.75) is 31.9 Å². The Bertz CT molecular complexity index is 476. The van der Waals surface area contributed by atoms with Gasteiger partial charge in [0.1, 0.15) is 0 Å². The average molecular weight is 299 g/mol. The molecule has 0 saturated carbocycles. The van der Waals surface area contributed by atoms with Crippen molar-refractivity contribution in [3.05, 3.63) is 30.1 Å². The standard InChI is InChI=1S/C14H25N3O2S/c1-4-9-15-12-13(2)20(18,19)17(3)11-8-14-7-5-6-10-16-14/h5-7,10,13,15H,4,8-9,11-12H2,1-3H3. The maximum atomic E-state index is 12.3. The second-order valence-corrected chi connectivity index (χ2v) is 7.41.